The van der Waals surface area contributed by atoms with Crippen LogP contribution in [0.2, 0.25) is 0 Å². The molecule has 0 N–H and O–H groups in total. The van der Waals surface area contributed by atoms with Gasteiger partial charge in [-0.1, -0.05) is 287 Å². The molecule has 0 radical (unpaired) electrons. The van der Waals surface area contributed by atoms with Crippen LogP contribution in [0.4, 0.5) is 0 Å². The molecule has 0 aromatic rings. The van der Waals surface area contributed by atoms with Crippen molar-refractivity contribution in [2.75, 3.05) is 13.2 Å². The summed E-state index contributed by atoms with van der Waals surface area (Å²) in [5.74, 6) is -1.09. The molecule has 464 valence electrons. The predicted octanol–water partition coefficient (Wildman–Crippen LogP) is 23.2. The van der Waals surface area contributed by atoms with E-state index in [2.05, 4.69) is 191 Å². The Bertz CT molecular complexity index is 1940. The topological polar surface area (TPSA) is 78.9 Å². The smallest absolute Gasteiger partial charge is 0.310 e. The highest BCUT2D eigenvalue weighted by Crippen LogP contribution is 2.14. The van der Waals surface area contributed by atoms with Crippen LogP contribution in [0, 0.1) is 0 Å². The van der Waals surface area contributed by atoms with E-state index in [1.54, 1.807) is 6.08 Å². The second-order valence-corrected chi connectivity index (χ2v) is 21.3. The maximum Gasteiger partial charge on any atom is 0.310 e. The highest BCUT2D eigenvalue weighted by Gasteiger charge is 2.19. The van der Waals surface area contributed by atoms with E-state index < -0.39 is 12.1 Å². The standard InChI is InChI=1S/C77H120O6/c1-4-7-10-13-16-19-22-25-28-29-30-31-32-33-34-35-36-37-38-39-40-41-42-43-44-45-46-47-50-52-55-58-61-64-67-70-76(79)82-73-74(83-77(80)71-68-65-62-59-56-53-49-27-24-21-18-15-12-9-6-3)72-81-75(78)69-66-63-60-57-54-51-48-26-23-20-17-14-11-8-5-2/h7,9-10,12,16,18-19,21,25-28,30-31,33-34,36-37,39-40,42-43,45-46,48-49,56,59,65,68,74H,4-6,8,11,13-15,17,20,22-24,29,32,35,38,41,44,47,50-55,57-58,60-64,66-67,69-73H2,1-3H3/b10-7-,12-9-,19-16-,21-18-,28-25-,31-30-,34-33-,37-36-,40-39-,43-42-,46-45-,48-26-,49-27-,59-56-,68-65-. The first-order valence-corrected chi connectivity index (χ1v) is 33.3. The summed E-state index contributed by atoms with van der Waals surface area (Å²) < 4.78 is 16.8. The van der Waals surface area contributed by atoms with E-state index in [0.29, 0.717) is 19.3 Å². The third-order valence-corrected chi connectivity index (χ3v) is 13.4. The lowest BCUT2D eigenvalue weighted by Gasteiger charge is -2.18. The zero-order valence-corrected chi connectivity index (χ0v) is 53.1. The van der Waals surface area contributed by atoms with Crippen molar-refractivity contribution in [3.8, 4) is 0 Å². The van der Waals surface area contributed by atoms with Gasteiger partial charge in [0.05, 0.1) is 6.42 Å². The van der Waals surface area contributed by atoms with Gasteiger partial charge in [0, 0.05) is 12.8 Å². The minimum Gasteiger partial charge on any atom is -0.462 e. The average molecular weight is 1140 g/mol. The van der Waals surface area contributed by atoms with Crippen LogP contribution in [-0.4, -0.2) is 37.2 Å². The summed E-state index contributed by atoms with van der Waals surface area (Å²) in [6, 6.07) is 0. The Morgan fingerprint density at radius 1 is 0.265 bits per heavy atom. The molecule has 0 spiro atoms. The number of hydrogen-bond donors (Lipinski definition) is 0. The van der Waals surface area contributed by atoms with Crippen molar-refractivity contribution in [3.63, 3.8) is 0 Å². The summed E-state index contributed by atoms with van der Waals surface area (Å²) in [4.78, 5) is 38.2. The molecule has 0 heterocycles. The van der Waals surface area contributed by atoms with Crippen LogP contribution < -0.4 is 0 Å². The maximum absolute atomic E-state index is 12.8. The van der Waals surface area contributed by atoms with Gasteiger partial charge in [0.15, 0.2) is 6.10 Å². The molecule has 83 heavy (non-hydrogen) atoms. The molecule has 0 bridgehead atoms. The minimum absolute atomic E-state index is 0.0847. The van der Waals surface area contributed by atoms with Crippen molar-refractivity contribution in [2.45, 2.75) is 271 Å². The summed E-state index contributed by atoms with van der Waals surface area (Å²) in [7, 11) is 0. The summed E-state index contributed by atoms with van der Waals surface area (Å²) >= 11 is 0. The number of esters is 3. The Balaban J connectivity index is 4.37. The molecule has 0 saturated carbocycles. The summed E-state index contributed by atoms with van der Waals surface area (Å²) in [6.07, 6.45) is 104. The van der Waals surface area contributed by atoms with Gasteiger partial charge < -0.3 is 14.2 Å². The van der Waals surface area contributed by atoms with E-state index in [4.69, 9.17) is 14.2 Å². The summed E-state index contributed by atoms with van der Waals surface area (Å²) in [5, 5.41) is 0. The Kier molecular flexibility index (Phi) is 64.4. The fraction of sp³-hybridized carbons (Fsp3) is 0.571. The molecule has 6 heteroatoms. The lowest BCUT2D eigenvalue weighted by atomic mass is 10.1. The van der Waals surface area contributed by atoms with Gasteiger partial charge in [0.2, 0.25) is 0 Å². The molecule has 0 amide bonds. The van der Waals surface area contributed by atoms with Gasteiger partial charge in [-0.05, 0) is 141 Å². The molecule has 6 nitrogen and oxygen atoms in total. The van der Waals surface area contributed by atoms with Crippen molar-refractivity contribution >= 4 is 17.9 Å². The van der Waals surface area contributed by atoms with E-state index in [1.165, 1.54) is 70.6 Å². The zero-order valence-electron chi connectivity index (χ0n) is 53.1. The van der Waals surface area contributed by atoms with E-state index in [-0.39, 0.29) is 31.6 Å². The van der Waals surface area contributed by atoms with Gasteiger partial charge in [0.1, 0.15) is 13.2 Å². The summed E-state index contributed by atoms with van der Waals surface area (Å²) in [6.45, 7) is 6.30. The van der Waals surface area contributed by atoms with Gasteiger partial charge in [-0.3, -0.25) is 14.4 Å². The average Bonchev–Trinajstić information content (AvgIpc) is 3.49. The van der Waals surface area contributed by atoms with Crippen molar-refractivity contribution < 1.29 is 28.6 Å². The van der Waals surface area contributed by atoms with Gasteiger partial charge in [-0.2, -0.15) is 0 Å². The number of unbranched alkanes of at least 4 members (excludes halogenated alkanes) is 18. The van der Waals surface area contributed by atoms with E-state index in [1.807, 2.05) is 6.08 Å². The Labute approximate surface area is 510 Å². The minimum atomic E-state index is -0.850. The molecule has 0 rings (SSSR count). The molecule has 0 aromatic heterocycles. The Morgan fingerprint density at radius 3 is 0.807 bits per heavy atom. The molecule has 0 saturated heterocycles. The van der Waals surface area contributed by atoms with Gasteiger partial charge in [0.25, 0.3) is 0 Å². The maximum atomic E-state index is 12.8. The third-order valence-electron chi connectivity index (χ3n) is 13.4. The van der Waals surface area contributed by atoms with Crippen LogP contribution in [0.15, 0.2) is 182 Å². The molecule has 0 aliphatic rings. The molecule has 0 fully saturated rings. The lowest BCUT2D eigenvalue weighted by Crippen LogP contribution is -2.30. The number of allylic oxidation sites excluding steroid dienone is 29. The van der Waals surface area contributed by atoms with Gasteiger partial charge in [-0.25, -0.2) is 0 Å². The fourth-order valence-corrected chi connectivity index (χ4v) is 8.50. The molecule has 0 aliphatic heterocycles. The van der Waals surface area contributed by atoms with Crippen LogP contribution in [0.5, 0.6) is 0 Å². The van der Waals surface area contributed by atoms with Gasteiger partial charge >= 0.3 is 17.9 Å². The van der Waals surface area contributed by atoms with Crippen LogP contribution in [0.25, 0.3) is 0 Å². The third kappa shape index (κ3) is 67.2. The van der Waals surface area contributed by atoms with Crippen molar-refractivity contribution in [2.24, 2.45) is 0 Å². The normalized spacial score (nSPS) is 13.3. The SMILES string of the molecule is CC/C=C\C/C=C\C/C=C\C/C=C\C/C=C\C/C=C\C/C=C\C/C=C\C/C=C\CCCCCCCCCC(=O)OCC(COC(=O)CCCCCCC/C=C\CCCCCCCC)OC(=O)C/C=C\C/C=C\C/C=C\C/C=C\C/C=C\CC. The van der Waals surface area contributed by atoms with Crippen molar-refractivity contribution in [1.29, 1.82) is 0 Å². The molecule has 0 aromatic carbocycles. The monoisotopic (exact) mass is 1140 g/mol. The first kappa shape index (κ1) is 77.5. The largest absolute Gasteiger partial charge is 0.462 e. The predicted molar refractivity (Wildman–Crippen MR) is 361 cm³/mol. The van der Waals surface area contributed by atoms with E-state index in [9.17, 15) is 14.4 Å². The van der Waals surface area contributed by atoms with Crippen LogP contribution >= 0.6 is 0 Å². The van der Waals surface area contributed by atoms with Crippen molar-refractivity contribution in [1.82, 2.24) is 0 Å². The molecule has 0 aliphatic carbocycles. The highest BCUT2D eigenvalue weighted by molar-refractivity contribution is 5.72. The molecular formula is C77H120O6. The second-order valence-electron chi connectivity index (χ2n) is 21.3. The second kappa shape index (κ2) is 69.0. The number of rotatable bonds is 58. The first-order chi connectivity index (χ1) is 41.0. The quantitative estimate of drug-likeness (QED) is 0.0261. The molecule has 1 unspecified atom stereocenters. The number of carbonyl (C=O) groups is 3. The van der Waals surface area contributed by atoms with E-state index >= 15 is 0 Å². The van der Waals surface area contributed by atoms with Crippen molar-refractivity contribution in [3.05, 3.63) is 182 Å². The van der Waals surface area contributed by atoms with Crippen LogP contribution in [0.3, 0.4) is 0 Å². The number of ether oxygens (including phenoxy) is 3. The number of carbonyl (C=O) groups excluding carboxylic acids is 3. The number of hydrogen-bond acceptors (Lipinski definition) is 6. The van der Waals surface area contributed by atoms with Gasteiger partial charge in [-0.15, -0.1) is 0 Å². The Hall–Kier alpha value is -5.49. The Morgan fingerprint density at radius 2 is 0.506 bits per heavy atom. The fourth-order valence-electron chi connectivity index (χ4n) is 8.50. The lowest BCUT2D eigenvalue weighted by molar-refractivity contribution is -0.166. The zero-order chi connectivity index (χ0) is 59.9. The van der Waals surface area contributed by atoms with Crippen LogP contribution in [0.1, 0.15) is 265 Å². The molecule has 1 atom stereocenters. The summed E-state index contributed by atoms with van der Waals surface area (Å²) in [5.41, 5.74) is 0. The first-order valence-electron chi connectivity index (χ1n) is 33.3. The molecular weight excluding hydrogens is 1020 g/mol. The highest BCUT2D eigenvalue weighted by atomic mass is 16.6. The van der Waals surface area contributed by atoms with E-state index in [0.717, 1.165) is 148 Å². The van der Waals surface area contributed by atoms with Crippen LogP contribution in [-0.2, 0) is 28.6 Å².